The van der Waals surface area contributed by atoms with Crippen molar-refractivity contribution in [1.82, 2.24) is 15.2 Å². The van der Waals surface area contributed by atoms with Gasteiger partial charge < -0.3 is 11.1 Å². The number of sulfonamides is 1. The number of nitrogens with one attached hydrogen (secondary N) is 2. The van der Waals surface area contributed by atoms with Crippen LogP contribution in [0.1, 0.15) is 30.9 Å². The van der Waals surface area contributed by atoms with Gasteiger partial charge in [-0.15, -0.1) is 17.2 Å². The van der Waals surface area contributed by atoms with E-state index in [4.69, 9.17) is 17.3 Å². The van der Waals surface area contributed by atoms with Gasteiger partial charge in [0.2, 0.25) is 5.91 Å². The lowest BCUT2D eigenvalue weighted by Crippen LogP contribution is -2.49. The van der Waals surface area contributed by atoms with Crippen LogP contribution in [0.5, 0.6) is 0 Å². The molecular formula is C22H26Cl2N4O4S. The summed E-state index contributed by atoms with van der Waals surface area (Å²) < 4.78 is 25.2. The topological polar surface area (TPSA) is 122 Å². The molecule has 1 aliphatic heterocycles. The average molecular weight is 513 g/mol. The lowest BCUT2D eigenvalue weighted by molar-refractivity contribution is -0.131. The number of halogens is 2. The average Bonchev–Trinajstić information content (AvgIpc) is 2.78. The molecule has 0 saturated heterocycles. The van der Waals surface area contributed by atoms with Crippen molar-refractivity contribution in [1.29, 1.82) is 0 Å². The summed E-state index contributed by atoms with van der Waals surface area (Å²) in [7, 11) is -3.91. The van der Waals surface area contributed by atoms with E-state index in [1.54, 1.807) is 43.3 Å². The lowest BCUT2D eigenvalue weighted by atomic mass is 9.98. The van der Waals surface area contributed by atoms with Gasteiger partial charge in [-0.1, -0.05) is 41.4 Å². The third kappa shape index (κ3) is 6.78. The molecule has 0 atom stereocenters. The highest BCUT2D eigenvalue weighted by Gasteiger charge is 2.30. The second-order valence-corrected chi connectivity index (χ2v) is 9.54. The summed E-state index contributed by atoms with van der Waals surface area (Å²) in [6, 6.07) is 13.1. The third-order valence-corrected chi connectivity index (χ3v) is 6.80. The number of amides is 2. The third-order valence-electron chi connectivity index (χ3n) is 5.21. The number of carbonyl (C=O) groups excluding carboxylic acids is 2. The summed E-state index contributed by atoms with van der Waals surface area (Å²) in [5.41, 5.74) is 8.42. The molecule has 0 aromatic heterocycles. The Hall–Kier alpha value is -2.43. The molecule has 178 valence electrons. The maximum Gasteiger partial charge on any atom is 0.265 e. The van der Waals surface area contributed by atoms with Crippen molar-refractivity contribution in [2.45, 2.75) is 37.8 Å². The van der Waals surface area contributed by atoms with E-state index >= 15 is 0 Å². The number of carbonyl (C=O) groups is 2. The van der Waals surface area contributed by atoms with Gasteiger partial charge in [0.15, 0.2) is 0 Å². The van der Waals surface area contributed by atoms with Crippen LogP contribution in [-0.4, -0.2) is 31.8 Å². The van der Waals surface area contributed by atoms with Gasteiger partial charge >= 0.3 is 0 Å². The summed E-state index contributed by atoms with van der Waals surface area (Å²) in [4.78, 5) is 27.9. The van der Waals surface area contributed by atoms with E-state index in [1.807, 2.05) is 0 Å². The number of benzene rings is 2. The van der Waals surface area contributed by atoms with Crippen LogP contribution in [-0.2, 0) is 32.7 Å². The van der Waals surface area contributed by atoms with Gasteiger partial charge in [-0.2, -0.15) is 0 Å². The lowest BCUT2D eigenvalue weighted by Gasteiger charge is -2.29. The van der Waals surface area contributed by atoms with Crippen molar-refractivity contribution in [3.8, 4) is 0 Å². The van der Waals surface area contributed by atoms with E-state index in [1.165, 1.54) is 12.1 Å². The van der Waals surface area contributed by atoms with Crippen molar-refractivity contribution in [3.63, 3.8) is 0 Å². The van der Waals surface area contributed by atoms with E-state index in [0.29, 0.717) is 18.0 Å². The second-order valence-electron chi connectivity index (χ2n) is 7.44. The van der Waals surface area contributed by atoms with Crippen LogP contribution in [0.3, 0.4) is 0 Å². The van der Waals surface area contributed by atoms with Crippen LogP contribution in [0.2, 0.25) is 5.02 Å². The molecular weight excluding hydrogens is 487 g/mol. The highest BCUT2D eigenvalue weighted by molar-refractivity contribution is 7.89. The van der Waals surface area contributed by atoms with Gasteiger partial charge in [0.1, 0.15) is 0 Å². The van der Waals surface area contributed by atoms with Crippen LogP contribution >= 0.6 is 24.0 Å². The molecule has 33 heavy (non-hydrogen) atoms. The largest absolute Gasteiger partial charge is 0.352 e. The molecule has 1 heterocycles. The zero-order chi connectivity index (χ0) is 23.3. The predicted octanol–water partition coefficient (Wildman–Crippen LogP) is 2.67. The van der Waals surface area contributed by atoms with Crippen molar-refractivity contribution in [2.24, 2.45) is 5.73 Å². The fourth-order valence-corrected chi connectivity index (χ4v) is 4.64. The Labute approximate surface area is 204 Å². The molecule has 0 unspecified atom stereocenters. The predicted molar refractivity (Wildman–Crippen MR) is 129 cm³/mol. The highest BCUT2D eigenvalue weighted by Crippen LogP contribution is 2.22. The van der Waals surface area contributed by atoms with Crippen molar-refractivity contribution >= 4 is 45.8 Å². The van der Waals surface area contributed by atoms with E-state index < -0.39 is 15.9 Å². The highest BCUT2D eigenvalue weighted by atomic mass is 35.5. The molecule has 0 saturated carbocycles. The smallest absolute Gasteiger partial charge is 0.265 e. The Morgan fingerprint density at radius 1 is 1.15 bits per heavy atom. The van der Waals surface area contributed by atoms with Crippen LogP contribution < -0.4 is 15.9 Å². The Balaban J connectivity index is 0.00000385. The summed E-state index contributed by atoms with van der Waals surface area (Å²) in [5, 5.41) is 4.36. The molecule has 0 fully saturated rings. The number of rotatable bonds is 8. The van der Waals surface area contributed by atoms with Crippen molar-refractivity contribution in [3.05, 3.63) is 75.8 Å². The van der Waals surface area contributed by atoms with Crippen LogP contribution in [0.15, 0.2) is 64.6 Å². The Morgan fingerprint density at radius 2 is 1.85 bits per heavy atom. The van der Waals surface area contributed by atoms with E-state index in [0.717, 1.165) is 21.7 Å². The summed E-state index contributed by atoms with van der Waals surface area (Å²) >= 11 is 6.03. The first-order chi connectivity index (χ1) is 15.2. The quantitative estimate of drug-likeness (QED) is 0.501. The molecule has 0 bridgehead atoms. The molecule has 4 N–H and O–H groups in total. The molecule has 11 heteroatoms. The minimum Gasteiger partial charge on any atom is -0.352 e. The SMILES string of the molecule is CC1=C(CC(=O)NCc2cc(Cl)ccc2CN)C(=O)N(NS(=O)(=O)c2ccccc2)CC1.Cl. The molecule has 1 aliphatic rings. The zero-order valence-corrected chi connectivity index (χ0v) is 20.4. The van der Waals surface area contributed by atoms with Crippen molar-refractivity contribution in [2.75, 3.05) is 6.54 Å². The van der Waals surface area contributed by atoms with Crippen LogP contribution in [0.25, 0.3) is 0 Å². The number of hydrogen-bond acceptors (Lipinski definition) is 5. The van der Waals surface area contributed by atoms with Gasteiger partial charge in [-0.3, -0.25) is 14.6 Å². The zero-order valence-electron chi connectivity index (χ0n) is 18.0. The van der Waals surface area contributed by atoms with E-state index in [2.05, 4.69) is 10.1 Å². The fraction of sp³-hybridized carbons (Fsp3) is 0.273. The second kappa shape index (κ2) is 11.6. The first kappa shape index (κ1) is 26.8. The number of hydrogen-bond donors (Lipinski definition) is 3. The van der Waals surface area contributed by atoms with E-state index in [-0.39, 0.29) is 48.3 Å². The number of nitrogens with two attached hydrogens (primary N) is 1. The van der Waals surface area contributed by atoms with Crippen LogP contribution in [0, 0.1) is 0 Å². The minimum absolute atomic E-state index is 0. The monoisotopic (exact) mass is 512 g/mol. The fourth-order valence-electron chi connectivity index (χ4n) is 3.36. The summed E-state index contributed by atoms with van der Waals surface area (Å²) in [6.07, 6.45) is 0.296. The molecule has 8 nitrogen and oxygen atoms in total. The van der Waals surface area contributed by atoms with Gasteiger partial charge in [0.05, 0.1) is 11.3 Å². The Morgan fingerprint density at radius 3 is 2.52 bits per heavy atom. The van der Waals surface area contributed by atoms with Gasteiger partial charge in [0.25, 0.3) is 15.9 Å². The Kier molecular flexibility index (Phi) is 9.45. The Bertz CT molecular complexity index is 1150. The number of hydrazine groups is 1. The minimum atomic E-state index is -3.91. The number of nitrogens with zero attached hydrogens (tertiary/aromatic N) is 1. The molecule has 2 aromatic rings. The maximum atomic E-state index is 12.9. The molecule has 3 rings (SSSR count). The van der Waals surface area contributed by atoms with Crippen LogP contribution in [0.4, 0.5) is 0 Å². The first-order valence-corrected chi connectivity index (χ1v) is 11.9. The van der Waals surface area contributed by atoms with Gasteiger partial charge in [0, 0.05) is 30.2 Å². The standard InChI is InChI=1S/C22H25ClN4O4S.ClH/c1-15-9-10-27(26-32(30,31)19-5-3-2-4-6-19)22(29)20(15)12-21(28)25-14-17-11-18(23)8-7-16(17)13-24;/h2-8,11,26H,9-10,12-14,24H2,1H3,(H,25,28);1H. The summed E-state index contributed by atoms with van der Waals surface area (Å²) in [5.74, 6) is -0.891. The molecule has 0 aliphatic carbocycles. The molecule has 2 amide bonds. The maximum absolute atomic E-state index is 12.9. The van der Waals surface area contributed by atoms with Gasteiger partial charge in [-0.25, -0.2) is 8.42 Å². The molecule has 2 aromatic carbocycles. The summed E-state index contributed by atoms with van der Waals surface area (Å²) in [6.45, 7) is 2.48. The normalized spacial score (nSPS) is 14.2. The molecule has 0 radical (unpaired) electrons. The van der Waals surface area contributed by atoms with Crippen molar-refractivity contribution < 1.29 is 18.0 Å². The molecule has 0 spiro atoms. The first-order valence-electron chi connectivity index (χ1n) is 10.0. The van der Waals surface area contributed by atoms with Gasteiger partial charge in [-0.05, 0) is 48.7 Å². The van der Waals surface area contributed by atoms with E-state index in [9.17, 15) is 18.0 Å².